The molecule has 1 aromatic carbocycles. The number of hydrogen-bond donors (Lipinski definition) is 0. The van der Waals surface area contributed by atoms with Crippen LogP contribution in [0.1, 0.15) is 37.0 Å². The van der Waals surface area contributed by atoms with Gasteiger partial charge in [-0.3, -0.25) is 9.69 Å². The molecule has 3 rings (SSSR count). The highest BCUT2D eigenvalue weighted by atomic mass is 16.5. The third-order valence-corrected chi connectivity index (χ3v) is 4.38. The lowest BCUT2D eigenvalue weighted by Crippen LogP contribution is -2.40. The van der Waals surface area contributed by atoms with Gasteiger partial charge in [0, 0.05) is 19.0 Å². The minimum Gasteiger partial charge on any atom is -0.493 e. The van der Waals surface area contributed by atoms with E-state index >= 15 is 0 Å². The fraction of sp³-hybridized carbons (Fsp3) is 0.562. The SMILES string of the molecule is COc1cc2c(cc1OC)C(OC(C)=O)C1CCCN1C2. The van der Waals surface area contributed by atoms with Crippen molar-refractivity contribution >= 4 is 5.97 Å². The maximum atomic E-state index is 11.5. The molecule has 21 heavy (non-hydrogen) atoms. The van der Waals surface area contributed by atoms with E-state index in [-0.39, 0.29) is 18.1 Å². The second-order valence-corrected chi connectivity index (χ2v) is 5.62. The molecule has 1 saturated heterocycles. The first kappa shape index (κ1) is 14.2. The number of hydrogen-bond acceptors (Lipinski definition) is 5. The van der Waals surface area contributed by atoms with Crippen LogP contribution in [0.25, 0.3) is 0 Å². The van der Waals surface area contributed by atoms with Crippen LogP contribution in [0.15, 0.2) is 12.1 Å². The number of rotatable bonds is 3. The second kappa shape index (κ2) is 5.56. The van der Waals surface area contributed by atoms with Gasteiger partial charge in [0.1, 0.15) is 6.10 Å². The number of ether oxygens (including phenoxy) is 3. The molecule has 2 atom stereocenters. The first-order valence-corrected chi connectivity index (χ1v) is 7.30. The van der Waals surface area contributed by atoms with Crippen molar-refractivity contribution < 1.29 is 19.0 Å². The first-order chi connectivity index (χ1) is 10.1. The highest BCUT2D eigenvalue weighted by Gasteiger charge is 2.40. The maximum Gasteiger partial charge on any atom is 0.303 e. The first-order valence-electron chi connectivity index (χ1n) is 7.30. The number of methoxy groups -OCH3 is 2. The summed E-state index contributed by atoms with van der Waals surface area (Å²) >= 11 is 0. The van der Waals surface area contributed by atoms with E-state index in [9.17, 15) is 4.79 Å². The fourth-order valence-electron chi connectivity index (χ4n) is 3.48. The molecule has 1 fully saturated rings. The van der Waals surface area contributed by atoms with Gasteiger partial charge in [-0.2, -0.15) is 0 Å². The van der Waals surface area contributed by atoms with E-state index in [0.29, 0.717) is 5.75 Å². The summed E-state index contributed by atoms with van der Waals surface area (Å²) in [7, 11) is 3.26. The topological polar surface area (TPSA) is 48.0 Å². The fourth-order valence-corrected chi connectivity index (χ4v) is 3.48. The van der Waals surface area contributed by atoms with Gasteiger partial charge in [0.05, 0.1) is 20.3 Å². The lowest BCUT2D eigenvalue weighted by Gasteiger charge is -2.37. The van der Waals surface area contributed by atoms with Crippen LogP contribution in [-0.4, -0.2) is 37.7 Å². The molecule has 0 amide bonds. The lowest BCUT2D eigenvalue weighted by molar-refractivity contribution is -0.150. The van der Waals surface area contributed by atoms with Crippen molar-refractivity contribution in [2.45, 2.75) is 38.5 Å². The molecule has 114 valence electrons. The van der Waals surface area contributed by atoms with Gasteiger partial charge in [-0.25, -0.2) is 0 Å². The van der Waals surface area contributed by atoms with Gasteiger partial charge in [0.15, 0.2) is 11.5 Å². The van der Waals surface area contributed by atoms with Crippen molar-refractivity contribution in [1.29, 1.82) is 0 Å². The zero-order valence-electron chi connectivity index (χ0n) is 12.7. The van der Waals surface area contributed by atoms with E-state index in [4.69, 9.17) is 14.2 Å². The largest absolute Gasteiger partial charge is 0.493 e. The number of carbonyl (C=O) groups excluding carboxylic acids is 1. The van der Waals surface area contributed by atoms with Crippen LogP contribution < -0.4 is 9.47 Å². The van der Waals surface area contributed by atoms with E-state index in [1.54, 1.807) is 14.2 Å². The number of fused-ring (bicyclic) bond motifs is 2. The molecule has 2 aliphatic heterocycles. The average Bonchev–Trinajstić information content (AvgIpc) is 2.93. The molecular formula is C16H21NO4. The number of esters is 1. The van der Waals surface area contributed by atoms with Crippen LogP contribution in [0.3, 0.4) is 0 Å². The van der Waals surface area contributed by atoms with Crippen molar-refractivity contribution in [2.75, 3.05) is 20.8 Å². The zero-order chi connectivity index (χ0) is 15.0. The van der Waals surface area contributed by atoms with Crippen molar-refractivity contribution in [2.24, 2.45) is 0 Å². The average molecular weight is 291 g/mol. The van der Waals surface area contributed by atoms with Gasteiger partial charge in [0.2, 0.25) is 0 Å². The van der Waals surface area contributed by atoms with Crippen molar-refractivity contribution in [1.82, 2.24) is 4.90 Å². The number of nitrogens with zero attached hydrogens (tertiary/aromatic N) is 1. The summed E-state index contributed by atoms with van der Waals surface area (Å²) in [4.78, 5) is 13.9. The van der Waals surface area contributed by atoms with Gasteiger partial charge in [-0.15, -0.1) is 0 Å². The van der Waals surface area contributed by atoms with Crippen LogP contribution in [0.4, 0.5) is 0 Å². The molecule has 2 heterocycles. The molecule has 1 aromatic rings. The molecule has 5 heteroatoms. The Kier molecular flexibility index (Phi) is 3.76. The Labute approximate surface area is 124 Å². The Hall–Kier alpha value is -1.75. The third-order valence-electron chi connectivity index (χ3n) is 4.38. The Bertz CT molecular complexity index is 557. The molecule has 2 aliphatic rings. The van der Waals surface area contributed by atoms with Gasteiger partial charge >= 0.3 is 5.97 Å². The van der Waals surface area contributed by atoms with Crippen LogP contribution in [0.2, 0.25) is 0 Å². The zero-order valence-corrected chi connectivity index (χ0v) is 12.7. The van der Waals surface area contributed by atoms with E-state index in [2.05, 4.69) is 4.90 Å². The Morgan fingerprint density at radius 3 is 2.62 bits per heavy atom. The maximum absolute atomic E-state index is 11.5. The van der Waals surface area contributed by atoms with Crippen LogP contribution in [0, 0.1) is 0 Å². The van der Waals surface area contributed by atoms with Gasteiger partial charge in [-0.1, -0.05) is 0 Å². The molecule has 0 bridgehead atoms. The standard InChI is InChI=1S/C16H21NO4/c1-10(18)21-16-12-8-15(20-3)14(19-2)7-11(12)9-17-6-4-5-13(16)17/h7-8,13,16H,4-6,9H2,1-3H3. The van der Waals surface area contributed by atoms with E-state index < -0.39 is 0 Å². The summed E-state index contributed by atoms with van der Waals surface area (Å²) in [5.41, 5.74) is 2.20. The van der Waals surface area contributed by atoms with Crippen LogP contribution in [0.5, 0.6) is 11.5 Å². The van der Waals surface area contributed by atoms with Gasteiger partial charge in [-0.05, 0) is 37.1 Å². The van der Waals surface area contributed by atoms with Crippen LogP contribution >= 0.6 is 0 Å². The minimum atomic E-state index is -0.241. The molecule has 5 nitrogen and oxygen atoms in total. The predicted octanol–water partition coefficient (Wildman–Crippen LogP) is 2.29. The third kappa shape index (κ3) is 2.46. The molecule has 0 N–H and O–H groups in total. The summed E-state index contributed by atoms with van der Waals surface area (Å²) in [6.45, 7) is 3.39. The molecule has 0 radical (unpaired) electrons. The highest BCUT2D eigenvalue weighted by molar-refractivity contribution is 5.66. The Morgan fingerprint density at radius 1 is 1.24 bits per heavy atom. The second-order valence-electron chi connectivity index (χ2n) is 5.62. The minimum absolute atomic E-state index is 0.214. The quantitative estimate of drug-likeness (QED) is 0.800. The van der Waals surface area contributed by atoms with E-state index in [1.807, 2.05) is 12.1 Å². The van der Waals surface area contributed by atoms with Crippen molar-refractivity contribution in [3.63, 3.8) is 0 Å². The molecular weight excluding hydrogens is 270 g/mol. The predicted molar refractivity (Wildman–Crippen MR) is 77.5 cm³/mol. The molecule has 0 aliphatic carbocycles. The normalized spacial score (nSPS) is 24.1. The van der Waals surface area contributed by atoms with Gasteiger partial charge < -0.3 is 14.2 Å². The lowest BCUT2D eigenvalue weighted by atomic mass is 9.90. The Balaban J connectivity index is 2.06. The van der Waals surface area contributed by atoms with Gasteiger partial charge in [0.25, 0.3) is 0 Å². The molecule has 0 aromatic heterocycles. The summed E-state index contributed by atoms with van der Waals surface area (Å²) in [5.74, 6) is 1.16. The van der Waals surface area contributed by atoms with Crippen molar-refractivity contribution in [3.8, 4) is 11.5 Å². The summed E-state index contributed by atoms with van der Waals surface area (Å²) in [5, 5.41) is 0. The van der Waals surface area contributed by atoms with Crippen LogP contribution in [-0.2, 0) is 16.1 Å². The molecule has 2 unspecified atom stereocenters. The molecule has 0 spiro atoms. The summed E-state index contributed by atoms with van der Waals surface area (Å²) < 4.78 is 16.4. The smallest absolute Gasteiger partial charge is 0.303 e. The summed E-state index contributed by atoms with van der Waals surface area (Å²) in [6.07, 6.45) is 1.99. The number of benzene rings is 1. The number of carbonyl (C=O) groups is 1. The van der Waals surface area contributed by atoms with E-state index in [1.165, 1.54) is 6.92 Å². The van der Waals surface area contributed by atoms with Crippen molar-refractivity contribution in [3.05, 3.63) is 23.3 Å². The Morgan fingerprint density at radius 2 is 1.95 bits per heavy atom. The van der Waals surface area contributed by atoms with E-state index in [0.717, 1.165) is 42.8 Å². The highest BCUT2D eigenvalue weighted by Crippen LogP contribution is 2.43. The molecule has 0 saturated carbocycles. The summed E-state index contributed by atoms with van der Waals surface area (Å²) in [6, 6.07) is 4.23. The monoisotopic (exact) mass is 291 g/mol.